The van der Waals surface area contributed by atoms with Crippen LogP contribution in [-0.2, 0) is 30.5 Å². The number of hydrogen-bond donors (Lipinski definition) is 1. The number of amides is 3. The Kier molecular flexibility index (Phi) is 7.04. The summed E-state index contributed by atoms with van der Waals surface area (Å²) >= 11 is 6.66. The molecule has 1 aliphatic carbocycles. The van der Waals surface area contributed by atoms with Crippen molar-refractivity contribution >= 4 is 29.4 Å². The summed E-state index contributed by atoms with van der Waals surface area (Å²) in [6.45, 7) is 6.22. The van der Waals surface area contributed by atoms with Gasteiger partial charge in [0.15, 0.2) is 5.82 Å². The van der Waals surface area contributed by atoms with Crippen LogP contribution in [-0.4, -0.2) is 44.0 Å². The fourth-order valence-electron chi connectivity index (χ4n) is 6.07. The summed E-state index contributed by atoms with van der Waals surface area (Å²) in [5.74, 6) is 1.80. The van der Waals surface area contributed by atoms with Gasteiger partial charge in [0.1, 0.15) is 17.3 Å². The molecule has 1 saturated heterocycles. The van der Waals surface area contributed by atoms with E-state index in [1.165, 1.54) is 29.7 Å². The van der Waals surface area contributed by atoms with Gasteiger partial charge in [0.25, 0.3) is 0 Å². The van der Waals surface area contributed by atoms with E-state index < -0.39 is 6.03 Å². The number of aromatic nitrogens is 3. The van der Waals surface area contributed by atoms with Crippen LogP contribution in [0.2, 0.25) is 5.02 Å². The summed E-state index contributed by atoms with van der Waals surface area (Å²) in [5, 5.41) is 3.03. The molecule has 40 heavy (non-hydrogen) atoms. The lowest BCUT2D eigenvalue weighted by atomic mass is 9.98. The molecular formula is C30H35ClN6O3. The van der Waals surface area contributed by atoms with Crippen molar-refractivity contribution in [3.05, 3.63) is 58.4 Å². The number of pyridine rings is 1. The Labute approximate surface area is 239 Å². The van der Waals surface area contributed by atoms with Gasteiger partial charge in [-0.3, -0.25) is 19.9 Å². The highest BCUT2D eigenvalue weighted by Crippen LogP contribution is 2.40. The molecule has 2 aromatic heterocycles. The number of carbonyl (C=O) groups excluding carboxylic acids is 2. The molecule has 1 saturated carbocycles. The molecule has 2 fully saturated rings. The minimum Gasteiger partial charge on any atom is -0.489 e. The second-order valence-corrected chi connectivity index (χ2v) is 11.9. The van der Waals surface area contributed by atoms with E-state index in [9.17, 15) is 9.59 Å². The zero-order chi connectivity index (χ0) is 28.0. The van der Waals surface area contributed by atoms with Gasteiger partial charge < -0.3 is 9.30 Å². The summed E-state index contributed by atoms with van der Waals surface area (Å²) in [7, 11) is 1.86. The summed E-state index contributed by atoms with van der Waals surface area (Å²) < 4.78 is 8.06. The molecular weight excluding hydrogens is 528 g/mol. The quantitative estimate of drug-likeness (QED) is 0.424. The van der Waals surface area contributed by atoms with Crippen LogP contribution in [0.4, 0.5) is 10.6 Å². The van der Waals surface area contributed by atoms with E-state index in [1.54, 1.807) is 6.20 Å². The first kappa shape index (κ1) is 26.8. The van der Waals surface area contributed by atoms with E-state index in [1.807, 2.05) is 29.8 Å². The van der Waals surface area contributed by atoms with Crippen molar-refractivity contribution in [1.82, 2.24) is 24.8 Å². The van der Waals surface area contributed by atoms with Gasteiger partial charge in [-0.1, -0.05) is 30.2 Å². The van der Waals surface area contributed by atoms with Crippen molar-refractivity contribution in [2.45, 2.75) is 77.1 Å². The van der Waals surface area contributed by atoms with Crippen LogP contribution in [0.3, 0.4) is 0 Å². The third-order valence-corrected chi connectivity index (χ3v) is 8.74. The average molecular weight is 563 g/mol. The van der Waals surface area contributed by atoms with Gasteiger partial charge in [0.05, 0.1) is 28.6 Å². The first-order valence-corrected chi connectivity index (χ1v) is 14.4. The Morgan fingerprint density at radius 3 is 2.67 bits per heavy atom. The Bertz CT molecular complexity index is 1460. The van der Waals surface area contributed by atoms with Gasteiger partial charge in [-0.25, -0.2) is 14.8 Å². The zero-order valence-corrected chi connectivity index (χ0v) is 24.0. The molecule has 10 heteroatoms. The average Bonchev–Trinajstić information content (AvgIpc) is 3.42. The molecule has 0 atom stereocenters. The van der Waals surface area contributed by atoms with Crippen molar-refractivity contribution in [2.75, 3.05) is 11.4 Å². The summed E-state index contributed by atoms with van der Waals surface area (Å²) in [4.78, 5) is 37.5. The number of ether oxygens (including phenoxy) is 1. The third kappa shape index (κ3) is 4.97. The van der Waals surface area contributed by atoms with E-state index in [0.29, 0.717) is 23.2 Å². The second-order valence-electron chi connectivity index (χ2n) is 11.5. The van der Waals surface area contributed by atoms with Gasteiger partial charge in [-0.05, 0) is 68.9 Å². The second kappa shape index (κ2) is 10.5. The molecule has 210 valence electrons. The van der Waals surface area contributed by atoms with E-state index in [0.717, 1.165) is 48.6 Å². The molecule has 3 aromatic rings. The first-order valence-electron chi connectivity index (χ1n) is 14.0. The number of anilines is 1. The highest BCUT2D eigenvalue weighted by molar-refractivity contribution is 6.32. The topological polar surface area (TPSA) is 92.6 Å². The molecule has 1 aromatic carbocycles. The Hall–Kier alpha value is -3.43. The largest absolute Gasteiger partial charge is 0.489 e. The maximum Gasteiger partial charge on any atom is 0.329 e. The smallest absolute Gasteiger partial charge is 0.329 e. The number of imide groups is 1. The van der Waals surface area contributed by atoms with Gasteiger partial charge >= 0.3 is 6.03 Å². The van der Waals surface area contributed by atoms with Crippen LogP contribution in [0.5, 0.6) is 5.75 Å². The van der Waals surface area contributed by atoms with Crippen molar-refractivity contribution < 1.29 is 14.3 Å². The van der Waals surface area contributed by atoms with Crippen LogP contribution in [0.25, 0.3) is 11.5 Å². The summed E-state index contributed by atoms with van der Waals surface area (Å²) in [6, 6.07) is 9.82. The number of nitrogens with one attached hydrogen (secondary N) is 1. The highest BCUT2D eigenvalue weighted by atomic mass is 35.5. The van der Waals surface area contributed by atoms with Gasteiger partial charge in [0.2, 0.25) is 5.91 Å². The Morgan fingerprint density at radius 2 is 1.93 bits per heavy atom. The SMILES string of the molecule is Cn1c(N2CCC(=O)NC2=O)cnc1-c1ccc2c(n1)C(C)(C)N(Cc1ccc(OC3CCCCC3)c(Cl)c1)C2. The van der Waals surface area contributed by atoms with Crippen LogP contribution in [0.1, 0.15) is 69.2 Å². The Balaban J connectivity index is 1.19. The molecule has 3 amide bonds. The van der Waals surface area contributed by atoms with Crippen LogP contribution in [0, 0.1) is 0 Å². The van der Waals surface area contributed by atoms with Crippen molar-refractivity contribution in [2.24, 2.45) is 7.05 Å². The fraction of sp³-hybridized carbons (Fsp3) is 0.467. The van der Waals surface area contributed by atoms with Crippen molar-refractivity contribution in [1.29, 1.82) is 0 Å². The molecule has 6 rings (SSSR count). The lowest BCUT2D eigenvalue weighted by Crippen LogP contribution is -2.50. The van der Waals surface area contributed by atoms with E-state index >= 15 is 0 Å². The number of nitrogens with zero attached hydrogens (tertiary/aromatic N) is 5. The number of fused-ring (bicyclic) bond motifs is 1. The number of urea groups is 1. The first-order chi connectivity index (χ1) is 19.2. The van der Waals surface area contributed by atoms with Gasteiger partial charge in [-0.15, -0.1) is 0 Å². The molecule has 9 nitrogen and oxygen atoms in total. The van der Waals surface area contributed by atoms with Gasteiger partial charge in [0, 0.05) is 33.1 Å². The normalized spacial score (nSPS) is 19.6. The van der Waals surface area contributed by atoms with E-state index in [2.05, 4.69) is 41.2 Å². The van der Waals surface area contributed by atoms with Crippen molar-refractivity contribution in [3.63, 3.8) is 0 Å². The molecule has 1 N–H and O–H groups in total. The number of carbonyl (C=O) groups is 2. The molecule has 0 spiro atoms. The third-order valence-electron chi connectivity index (χ3n) is 8.45. The highest BCUT2D eigenvalue weighted by Gasteiger charge is 2.39. The minimum atomic E-state index is -0.432. The molecule has 4 heterocycles. The Morgan fingerprint density at radius 1 is 1.12 bits per heavy atom. The predicted octanol–water partition coefficient (Wildman–Crippen LogP) is 5.54. The number of hydrogen-bond acceptors (Lipinski definition) is 6. The maximum atomic E-state index is 12.4. The monoisotopic (exact) mass is 562 g/mol. The van der Waals surface area contributed by atoms with Crippen LogP contribution in [0.15, 0.2) is 36.5 Å². The number of rotatable bonds is 6. The predicted molar refractivity (Wildman–Crippen MR) is 153 cm³/mol. The molecule has 2 aliphatic heterocycles. The molecule has 0 unspecified atom stereocenters. The molecule has 0 radical (unpaired) electrons. The number of benzene rings is 1. The number of halogens is 1. The van der Waals surface area contributed by atoms with Crippen LogP contribution >= 0.6 is 11.6 Å². The lowest BCUT2D eigenvalue weighted by molar-refractivity contribution is -0.120. The summed E-state index contributed by atoms with van der Waals surface area (Å²) in [5.41, 5.74) is 3.76. The molecule has 3 aliphatic rings. The van der Waals surface area contributed by atoms with E-state index in [-0.39, 0.29) is 24.0 Å². The number of imidazole rings is 1. The lowest BCUT2D eigenvalue weighted by Gasteiger charge is -2.32. The van der Waals surface area contributed by atoms with E-state index in [4.69, 9.17) is 21.3 Å². The maximum absolute atomic E-state index is 12.4. The molecule has 0 bridgehead atoms. The standard InChI is InChI=1S/C30H35ClN6O3/c1-30(2)27-20(18-36(30)17-19-9-12-24(22(31)15-19)40-21-7-5-4-6-8-21)10-11-23(33-27)28-32-16-26(35(28)3)37-14-13-25(38)34-29(37)39/h9-12,15-16,21H,4-8,13-14,17-18H2,1-3H3,(H,34,38,39). The van der Waals surface area contributed by atoms with Crippen molar-refractivity contribution in [3.8, 4) is 17.3 Å². The minimum absolute atomic E-state index is 0.259. The van der Waals surface area contributed by atoms with Gasteiger partial charge in [-0.2, -0.15) is 0 Å². The van der Waals surface area contributed by atoms with Crippen LogP contribution < -0.4 is 15.0 Å². The summed E-state index contributed by atoms with van der Waals surface area (Å²) in [6.07, 6.45) is 8.11. The zero-order valence-electron chi connectivity index (χ0n) is 23.2. The fourth-order valence-corrected chi connectivity index (χ4v) is 6.32.